The van der Waals surface area contributed by atoms with Crippen LogP contribution in [0.5, 0.6) is 0 Å². The molecule has 3 aromatic rings. The topological polar surface area (TPSA) is 42.5 Å². The van der Waals surface area contributed by atoms with Gasteiger partial charge in [-0.1, -0.05) is 0 Å². The predicted octanol–water partition coefficient (Wildman–Crippen LogP) is 2.40. The van der Waals surface area contributed by atoms with Crippen molar-refractivity contribution >= 4 is 11.3 Å². The van der Waals surface area contributed by atoms with Crippen molar-refractivity contribution in [3.05, 3.63) is 48.8 Å². The van der Waals surface area contributed by atoms with Gasteiger partial charge in [-0.25, -0.2) is 19.5 Å². The van der Waals surface area contributed by atoms with Gasteiger partial charge in [-0.15, -0.1) is 11.3 Å². The highest BCUT2D eigenvalue weighted by molar-refractivity contribution is 7.18. The third-order valence-corrected chi connectivity index (χ3v) is 4.07. The van der Waals surface area contributed by atoms with Crippen molar-refractivity contribution in [2.24, 2.45) is 7.05 Å². The molecule has 0 aliphatic carbocycles. The zero-order valence-electron chi connectivity index (χ0n) is 10.7. The number of rotatable bonds is 2. The molecule has 19 heavy (non-hydrogen) atoms. The highest BCUT2D eigenvalue weighted by atomic mass is 32.1. The molecule has 0 radical (unpaired) electrons. The van der Waals surface area contributed by atoms with Gasteiger partial charge in [-0.3, -0.25) is 0 Å². The van der Waals surface area contributed by atoms with Gasteiger partial charge in [-0.05, 0) is 13.0 Å². The van der Waals surface area contributed by atoms with E-state index >= 15 is 0 Å². The molecule has 0 aliphatic rings. The van der Waals surface area contributed by atoms with Crippen LogP contribution in [0.2, 0.25) is 0 Å². The van der Waals surface area contributed by atoms with Crippen molar-refractivity contribution in [2.75, 3.05) is 0 Å². The van der Waals surface area contributed by atoms with E-state index in [-0.39, 0.29) is 0 Å². The Morgan fingerprint density at radius 3 is 2.63 bits per heavy atom. The minimum Gasteiger partial charge on any atom is -0.245 e. The first-order valence-electron chi connectivity index (χ1n) is 5.93. The molecule has 0 spiro atoms. The summed E-state index contributed by atoms with van der Waals surface area (Å²) < 4.78 is 2.01. The molecule has 5 heteroatoms. The molecule has 0 aliphatic heterocycles. The van der Waals surface area contributed by atoms with Crippen molar-refractivity contribution < 1.29 is 4.57 Å². The van der Waals surface area contributed by atoms with Gasteiger partial charge in [0.2, 0.25) is 0 Å². The lowest BCUT2D eigenvalue weighted by Gasteiger charge is -1.95. The highest BCUT2D eigenvalue weighted by Crippen LogP contribution is 2.33. The summed E-state index contributed by atoms with van der Waals surface area (Å²) in [5.74, 6) is 0. The molecule has 0 fully saturated rings. The third-order valence-electron chi connectivity index (χ3n) is 2.84. The number of pyridine rings is 1. The quantitative estimate of drug-likeness (QED) is 0.671. The van der Waals surface area contributed by atoms with Crippen molar-refractivity contribution in [2.45, 2.75) is 6.92 Å². The average molecular weight is 269 g/mol. The lowest BCUT2D eigenvalue weighted by atomic mass is 10.3. The molecule has 0 amide bonds. The SMILES string of the molecule is Cc1nc(-c2cc[n+](C)cc2)sc1-c1ccncn1. The van der Waals surface area contributed by atoms with E-state index in [9.17, 15) is 0 Å². The number of thiazole rings is 1. The second-order valence-electron chi connectivity index (χ2n) is 4.28. The molecule has 0 saturated carbocycles. The fraction of sp³-hybridized carbons (Fsp3) is 0.143. The molecule has 0 unspecified atom stereocenters. The summed E-state index contributed by atoms with van der Waals surface area (Å²) in [5.41, 5.74) is 3.07. The van der Waals surface area contributed by atoms with Crippen LogP contribution >= 0.6 is 11.3 Å². The van der Waals surface area contributed by atoms with Gasteiger partial charge < -0.3 is 0 Å². The number of aromatic nitrogens is 4. The first kappa shape index (κ1) is 11.9. The molecule has 3 heterocycles. The van der Waals surface area contributed by atoms with Gasteiger partial charge in [0.1, 0.15) is 18.4 Å². The molecule has 3 aromatic heterocycles. The Hall–Kier alpha value is -2.14. The standard InChI is InChI=1S/C14H13N4S/c1-10-13(12-3-6-15-9-16-12)19-14(17-10)11-4-7-18(2)8-5-11/h3-9H,1-2H3/q+1. The minimum absolute atomic E-state index is 0.928. The molecule has 0 N–H and O–H groups in total. The normalized spacial score (nSPS) is 10.6. The van der Waals surface area contributed by atoms with Gasteiger partial charge in [0.15, 0.2) is 12.4 Å². The predicted molar refractivity (Wildman–Crippen MR) is 74.5 cm³/mol. The molecule has 0 bridgehead atoms. The van der Waals surface area contributed by atoms with Crippen LogP contribution in [-0.4, -0.2) is 15.0 Å². The van der Waals surface area contributed by atoms with E-state index in [4.69, 9.17) is 0 Å². The Kier molecular flexibility index (Phi) is 3.05. The van der Waals surface area contributed by atoms with Crippen molar-refractivity contribution in [3.63, 3.8) is 0 Å². The second kappa shape index (κ2) is 4.85. The average Bonchev–Trinajstić information content (AvgIpc) is 2.83. The summed E-state index contributed by atoms with van der Waals surface area (Å²) in [6, 6.07) is 6.05. The largest absolute Gasteiger partial charge is 0.245 e. The lowest BCUT2D eigenvalue weighted by Crippen LogP contribution is -2.25. The highest BCUT2D eigenvalue weighted by Gasteiger charge is 2.12. The summed E-state index contributed by atoms with van der Waals surface area (Å²) in [6.45, 7) is 2.01. The maximum absolute atomic E-state index is 4.64. The minimum atomic E-state index is 0.928. The summed E-state index contributed by atoms with van der Waals surface area (Å²) in [5, 5.41) is 1.02. The molecular formula is C14H13N4S+. The Morgan fingerprint density at radius 2 is 1.95 bits per heavy atom. The Bertz CT molecular complexity index is 689. The van der Waals surface area contributed by atoms with Crippen LogP contribution in [0.3, 0.4) is 0 Å². The smallest absolute Gasteiger partial charge is 0.169 e. The summed E-state index contributed by atoms with van der Waals surface area (Å²) in [4.78, 5) is 14.0. The van der Waals surface area contributed by atoms with Gasteiger partial charge in [-0.2, -0.15) is 0 Å². The monoisotopic (exact) mass is 269 g/mol. The van der Waals surface area contributed by atoms with Gasteiger partial charge in [0, 0.05) is 23.9 Å². The molecule has 0 saturated heterocycles. The van der Waals surface area contributed by atoms with Crippen LogP contribution in [0.25, 0.3) is 21.1 Å². The lowest BCUT2D eigenvalue weighted by molar-refractivity contribution is -0.671. The number of hydrogen-bond acceptors (Lipinski definition) is 4. The Labute approximate surface area is 115 Å². The van der Waals surface area contributed by atoms with Gasteiger partial charge >= 0.3 is 0 Å². The number of aryl methyl sites for hydroxylation is 2. The van der Waals surface area contributed by atoms with E-state index in [2.05, 4.69) is 27.1 Å². The van der Waals surface area contributed by atoms with Crippen LogP contribution in [-0.2, 0) is 7.05 Å². The van der Waals surface area contributed by atoms with E-state index in [1.807, 2.05) is 37.0 Å². The summed E-state index contributed by atoms with van der Waals surface area (Å²) in [7, 11) is 2.00. The van der Waals surface area contributed by atoms with Crippen molar-refractivity contribution in [1.29, 1.82) is 0 Å². The number of hydrogen-bond donors (Lipinski definition) is 0. The fourth-order valence-corrected chi connectivity index (χ4v) is 2.87. The van der Waals surface area contributed by atoms with Crippen LogP contribution < -0.4 is 4.57 Å². The van der Waals surface area contributed by atoms with E-state index in [1.165, 1.54) is 0 Å². The molecule has 0 aromatic carbocycles. The van der Waals surface area contributed by atoms with Crippen LogP contribution in [0, 0.1) is 6.92 Å². The molecule has 94 valence electrons. The summed E-state index contributed by atoms with van der Waals surface area (Å²) >= 11 is 1.66. The van der Waals surface area contributed by atoms with Crippen LogP contribution in [0.1, 0.15) is 5.69 Å². The van der Waals surface area contributed by atoms with E-state index < -0.39 is 0 Å². The van der Waals surface area contributed by atoms with Gasteiger partial charge in [0.05, 0.1) is 16.3 Å². The first-order chi connectivity index (χ1) is 9.24. The van der Waals surface area contributed by atoms with Crippen LogP contribution in [0.15, 0.2) is 43.1 Å². The van der Waals surface area contributed by atoms with E-state index in [0.29, 0.717) is 0 Å². The third kappa shape index (κ3) is 2.37. The van der Waals surface area contributed by atoms with E-state index in [1.54, 1.807) is 23.9 Å². The Morgan fingerprint density at radius 1 is 1.16 bits per heavy atom. The van der Waals surface area contributed by atoms with Crippen molar-refractivity contribution in [3.8, 4) is 21.1 Å². The number of nitrogens with zero attached hydrogens (tertiary/aromatic N) is 4. The molecule has 4 nitrogen and oxygen atoms in total. The molecule has 3 rings (SSSR count). The van der Waals surface area contributed by atoms with Crippen molar-refractivity contribution in [1.82, 2.24) is 15.0 Å². The van der Waals surface area contributed by atoms with Crippen LogP contribution in [0.4, 0.5) is 0 Å². The second-order valence-corrected chi connectivity index (χ2v) is 5.28. The zero-order chi connectivity index (χ0) is 13.2. The van der Waals surface area contributed by atoms with Gasteiger partial charge in [0.25, 0.3) is 0 Å². The fourth-order valence-electron chi connectivity index (χ4n) is 1.83. The molecular weight excluding hydrogens is 256 g/mol. The summed E-state index contributed by atoms with van der Waals surface area (Å²) in [6.07, 6.45) is 7.37. The van der Waals surface area contributed by atoms with E-state index in [0.717, 1.165) is 26.8 Å². The maximum atomic E-state index is 4.64. The molecule has 0 atom stereocenters. The zero-order valence-corrected chi connectivity index (χ0v) is 11.6. The Balaban J connectivity index is 2.04. The first-order valence-corrected chi connectivity index (χ1v) is 6.75. The maximum Gasteiger partial charge on any atom is 0.169 e.